The Kier molecular flexibility index (Phi) is 1.97. The van der Waals surface area contributed by atoms with E-state index in [0.29, 0.717) is 0 Å². The molecular formula is C10H15NS. The van der Waals surface area contributed by atoms with Gasteiger partial charge in [-0.3, -0.25) is 0 Å². The molecule has 66 valence electrons. The normalized spacial score (nSPS) is 19.5. The van der Waals surface area contributed by atoms with Crippen LogP contribution in [0.4, 0.5) is 0 Å². The largest absolute Gasteiger partial charge is 0.325 e. The van der Waals surface area contributed by atoms with Gasteiger partial charge in [0.2, 0.25) is 0 Å². The number of aryl methyl sites for hydroxylation is 2. The van der Waals surface area contributed by atoms with Crippen molar-refractivity contribution in [2.75, 3.05) is 0 Å². The maximum absolute atomic E-state index is 6.02. The summed E-state index contributed by atoms with van der Waals surface area (Å²) in [6.07, 6.45) is 4.82. The minimum Gasteiger partial charge on any atom is -0.325 e. The second-order valence-electron chi connectivity index (χ2n) is 3.89. The molecule has 2 rings (SSSR count). The van der Waals surface area contributed by atoms with Gasteiger partial charge < -0.3 is 5.73 Å². The van der Waals surface area contributed by atoms with Gasteiger partial charge in [0.15, 0.2) is 0 Å². The summed E-state index contributed by atoms with van der Waals surface area (Å²) in [5.41, 5.74) is 7.67. The SMILES string of the molecule is Cc1ccsc1CCC1(N)CC1. The van der Waals surface area contributed by atoms with E-state index in [9.17, 15) is 0 Å². The highest BCUT2D eigenvalue weighted by Gasteiger charge is 2.37. The van der Waals surface area contributed by atoms with Crippen LogP contribution in [0.1, 0.15) is 29.7 Å². The maximum Gasteiger partial charge on any atom is 0.0159 e. The smallest absolute Gasteiger partial charge is 0.0159 e. The standard InChI is InChI=1S/C10H15NS/c1-8-3-7-12-9(8)2-4-10(11)5-6-10/h3,7H,2,4-6,11H2,1H3. The van der Waals surface area contributed by atoms with Crippen LogP contribution < -0.4 is 5.73 Å². The van der Waals surface area contributed by atoms with Gasteiger partial charge in [-0.15, -0.1) is 11.3 Å². The Morgan fingerprint density at radius 3 is 2.83 bits per heavy atom. The minimum absolute atomic E-state index is 0.219. The van der Waals surface area contributed by atoms with Crippen LogP contribution in [0.2, 0.25) is 0 Å². The Morgan fingerprint density at radius 2 is 2.33 bits per heavy atom. The molecule has 1 aliphatic carbocycles. The van der Waals surface area contributed by atoms with Gasteiger partial charge in [0.05, 0.1) is 0 Å². The Labute approximate surface area is 77.6 Å². The van der Waals surface area contributed by atoms with Crippen molar-refractivity contribution in [1.29, 1.82) is 0 Å². The lowest BCUT2D eigenvalue weighted by Gasteiger charge is -2.06. The van der Waals surface area contributed by atoms with Gasteiger partial charge in [-0.05, 0) is 49.6 Å². The van der Waals surface area contributed by atoms with E-state index in [-0.39, 0.29) is 5.54 Å². The van der Waals surface area contributed by atoms with Crippen LogP contribution in [0.25, 0.3) is 0 Å². The Morgan fingerprint density at radius 1 is 1.58 bits per heavy atom. The molecule has 1 heterocycles. The molecule has 0 bridgehead atoms. The van der Waals surface area contributed by atoms with Crippen molar-refractivity contribution in [3.63, 3.8) is 0 Å². The van der Waals surface area contributed by atoms with Crippen molar-refractivity contribution < 1.29 is 0 Å². The molecule has 1 aromatic rings. The molecule has 0 saturated heterocycles. The van der Waals surface area contributed by atoms with Gasteiger partial charge in [-0.25, -0.2) is 0 Å². The average molecular weight is 181 g/mol. The monoisotopic (exact) mass is 181 g/mol. The number of hydrogen-bond acceptors (Lipinski definition) is 2. The van der Waals surface area contributed by atoms with E-state index in [4.69, 9.17) is 5.73 Å². The summed E-state index contributed by atoms with van der Waals surface area (Å²) < 4.78 is 0. The maximum atomic E-state index is 6.02. The van der Waals surface area contributed by atoms with Crippen molar-refractivity contribution in [3.05, 3.63) is 21.9 Å². The zero-order chi connectivity index (χ0) is 8.60. The molecule has 1 aliphatic rings. The van der Waals surface area contributed by atoms with Crippen molar-refractivity contribution >= 4 is 11.3 Å². The van der Waals surface area contributed by atoms with Crippen LogP contribution in [0.15, 0.2) is 11.4 Å². The molecule has 2 heteroatoms. The van der Waals surface area contributed by atoms with E-state index in [1.807, 2.05) is 11.3 Å². The van der Waals surface area contributed by atoms with Crippen LogP contribution in [0, 0.1) is 6.92 Å². The molecule has 1 fully saturated rings. The third kappa shape index (κ3) is 1.70. The van der Waals surface area contributed by atoms with Crippen LogP contribution in [0.5, 0.6) is 0 Å². The van der Waals surface area contributed by atoms with Crippen molar-refractivity contribution in [2.45, 2.75) is 38.1 Å². The second kappa shape index (κ2) is 2.86. The van der Waals surface area contributed by atoms with Crippen molar-refractivity contribution in [2.24, 2.45) is 5.73 Å². The molecule has 0 atom stereocenters. The lowest BCUT2D eigenvalue weighted by molar-refractivity contribution is 0.612. The van der Waals surface area contributed by atoms with Crippen LogP contribution in [0.3, 0.4) is 0 Å². The van der Waals surface area contributed by atoms with E-state index in [1.54, 1.807) is 0 Å². The molecule has 0 radical (unpaired) electrons. The topological polar surface area (TPSA) is 26.0 Å². The van der Waals surface area contributed by atoms with Crippen molar-refractivity contribution in [3.8, 4) is 0 Å². The Balaban J connectivity index is 1.91. The highest BCUT2D eigenvalue weighted by Crippen LogP contribution is 2.37. The summed E-state index contributed by atoms with van der Waals surface area (Å²) in [5.74, 6) is 0. The minimum atomic E-state index is 0.219. The molecule has 1 aromatic heterocycles. The molecule has 0 amide bonds. The second-order valence-corrected chi connectivity index (χ2v) is 4.89. The number of nitrogens with two attached hydrogens (primary N) is 1. The van der Waals surface area contributed by atoms with E-state index in [1.165, 1.54) is 36.1 Å². The van der Waals surface area contributed by atoms with E-state index in [2.05, 4.69) is 18.4 Å². The van der Waals surface area contributed by atoms with Gasteiger partial charge in [-0.2, -0.15) is 0 Å². The Hall–Kier alpha value is -0.340. The van der Waals surface area contributed by atoms with Gasteiger partial charge in [0.1, 0.15) is 0 Å². The molecule has 0 aromatic carbocycles. The summed E-state index contributed by atoms with van der Waals surface area (Å²) in [5, 5.41) is 2.17. The van der Waals surface area contributed by atoms with E-state index >= 15 is 0 Å². The first-order valence-electron chi connectivity index (χ1n) is 4.51. The lowest BCUT2D eigenvalue weighted by atomic mass is 10.1. The fourth-order valence-corrected chi connectivity index (χ4v) is 2.34. The van der Waals surface area contributed by atoms with Crippen LogP contribution in [-0.2, 0) is 6.42 Å². The number of thiophene rings is 1. The number of rotatable bonds is 3. The summed E-state index contributed by atoms with van der Waals surface area (Å²) in [6, 6.07) is 2.19. The fourth-order valence-electron chi connectivity index (χ4n) is 1.43. The Bertz CT molecular complexity index is 273. The van der Waals surface area contributed by atoms with Crippen LogP contribution >= 0.6 is 11.3 Å². The molecule has 1 nitrogen and oxygen atoms in total. The predicted molar refractivity (Wildman–Crippen MR) is 53.5 cm³/mol. The molecular weight excluding hydrogens is 166 g/mol. The highest BCUT2D eigenvalue weighted by molar-refractivity contribution is 7.10. The molecule has 2 N–H and O–H groups in total. The average Bonchev–Trinajstić information content (AvgIpc) is 2.61. The summed E-state index contributed by atoms with van der Waals surface area (Å²) >= 11 is 1.86. The summed E-state index contributed by atoms with van der Waals surface area (Å²) in [4.78, 5) is 1.52. The van der Waals surface area contributed by atoms with Gasteiger partial charge in [0, 0.05) is 10.4 Å². The third-order valence-electron chi connectivity index (χ3n) is 2.71. The van der Waals surface area contributed by atoms with E-state index in [0.717, 1.165) is 0 Å². The molecule has 0 spiro atoms. The quantitative estimate of drug-likeness (QED) is 0.761. The van der Waals surface area contributed by atoms with Gasteiger partial charge >= 0.3 is 0 Å². The summed E-state index contributed by atoms with van der Waals surface area (Å²) in [7, 11) is 0. The fraction of sp³-hybridized carbons (Fsp3) is 0.600. The zero-order valence-electron chi connectivity index (χ0n) is 7.47. The molecule has 0 unspecified atom stereocenters. The first-order valence-corrected chi connectivity index (χ1v) is 5.39. The third-order valence-corrected chi connectivity index (χ3v) is 3.79. The van der Waals surface area contributed by atoms with Gasteiger partial charge in [0.25, 0.3) is 0 Å². The molecule has 1 saturated carbocycles. The lowest BCUT2D eigenvalue weighted by Crippen LogP contribution is -2.21. The van der Waals surface area contributed by atoms with Crippen LogP contribution in [-0.4, -0.2) is 5.54 Å². The van der Waals surface area contributed by atoms with E-state index < -0.39 is 0 Å². The molecule has 12 heavy (non-hydrogen) atoms. The number of hydrogen-bond donors (Lipinski definition) is 1. The van der Waals surface area contributed by atoms with Gasteiger partial charge in [-0.1, -0.05) is 0 Å². The van der Waals surface area contributed by atoms with Crippen molar-refractivity contribution in [1.82, 2.24) is 0 Å². The zero-order valence-corrected chi connectivity index (χ0v) is 8.29. The first kappa shape index (κ1) is 8.27. The predicted octanol–water partition coefficient (Wildman–Crippen LogP) is 2.48. The molecule has 0 aliphatic heterocycles. The summed E-state index contributed by atoms with van der Waals surface area (Å²) in [6.45, 7) is 2.18. The first-order chi connectivity index (χ1) is 5.70. The highest BCUT2D eigenvalue weighted by atomic mass is 32.1.